The molecule has 3 heteroatoms. The molecule has 0 aliphatic carbocycles. The third-order valence-electron chi connectivity index (χ3n) is 1.87. The van der Waals surface area contributed by atoms with Gasteiger partial charge in [0.15, 0.2) is 0 Å². The molecule has 0 saturated heterocycles. The first-order valence-electron chi connectivity index (χ1n) is 4.79. The fourth-order valence-corrected chi connectivity index (χ4v) is 1.17. The zero-order valence-corrected chi connectivity index (χ0v) is 8.42. The maximum absolute atomic E-state index is 12.7. The highest BCUT2D eigenvalue weighted by Gasteiger charge is 1.94. The predicted octanol–water partition coefficient (Wildman–Crippen LogP) is 1.95. The van der Waals surface area contributed by atoms with E-state index in [0.717, 1.165) is 18.5 Å². The van der Waals surface area contributed by atoms with Crippen LogP contribution in [0.15, 0.2) is 24.3 Å². The van der Waals surface area contributed by atoms with Gasteiger partial charge in [0.1, 0.15) is 5.82 Å². The Hall–Kier alpha value is -0.930. The van der Waals surface area contributed by atoms with Crippen LogP contribution in [0.2, 0.25) is 0 Å². The van der Waals surface area contributed by atoms with Crippen LogP contribution in [0.3, 0.4) is 0 Å². The minimum atomic E-state index is -0.207. The molecule has 0 spiro atoms. The molecular formula is C11H16FNO. The Morgan fingerprint density at radius 3 is 3.00 bits per heavy atom. The monoisotopic (exact) mass is 197 g/mol. The summed E-state index contributed by atoms with van der Waals surface area (Å²) in [6.07, 6.45) is 0.978. The molecule has 1 N–H and O–H groups in total. The molecule has 0 amide bonds. The zero-order valence-electron chi connectivity index (χ0n) is 8.42. The lowest BCUT2D eigenvalue weighted by atomic mass is 10.2. The molecule has 1 aromatic carbocycles. The van der Waals surface area contributed by atoms with Crippen molar-refractivity contribution >= 4 is 0 Å². The standard InChI is InChI=1S/C11H16FNO/c1-13-6-3-7-14-9-10-4-2-5-11(12)8-10/h2,4-5,8,13H,3,6-7,9H2,1H3. The van der Waals surface area contributed by atoms with Gasteiger partial charge in [-0.25, -0.2) is 4.39 Å². The molecule has 1 aromatic rings. The molecule has 14 heavy (non-hydrogen) atoms. The summed E-state index contributed by atoms with van der Waals surface area (Å²) in [4.78, 5) is 0. The van der Waals surface area contributed by atoms with Crippen LogP contribution in [0.5, 0.6) is 0 Å². The minimum absolute atomic E-state index is 0.207. The van der Waals surface area contributed by atoms with Crippen LogP contribution >= 0.6 is 0 Å². The van der Waals surface area contributed by atoms with Gasteiger partial charge in [0.25, 0.3) is 0 Å². The van der Waals surface area contributed by atoms with Crippen molar-refractivity contribution in [1.82, 2.24) is 5.32 Å². The molecule has 0 aliphatic heterocycles. The molecule has 0 radical (unpaired) electrons. The molecule has 0 unspecified atom stereocenters. The Morgan fingerprint density at radius 1 is 1.43 bits per heavy atom. The summed E-state index contributed by atoms with van der Waals surface area (Å²) in [5.41, 5.74) is 0.884. The van der Waals surface area contributed by atoms with Crippen molar-refractivity contribution in [2.24, 2.45) is 0 Å². The largest absolute Gasteiger partial charge is 0.377 e. The van der Waals surface area contributed by atoms with Gasteiger partial charge in [-0.3, -0.25) is 0 Å². The van der Waals surface area contributed by atoms with Gasteiger partial charge in [-0.2, -0.15) is 0 Å². The third kappa shape index (κ3) is 4.35. The van der Waals surface area contributed by atoms with Gasteiger partial charge in [-0.05, 0) is 37.7 Å². The number of hydrogen-bond donors (Lipinski definition) is 1. The van der Waals surface area contributed by atoms with E-state index in [1.165, 1.54) is 12.1 Å². The number of halogens is 1. The van der Waals surface area contributed by atoms with Gasteiger partial charge < -0.3 is 10.1 Å². The van der Waals surface area contributed by atoms with Crippen LogP contribution in [0, 0.1) is 5.82 Å². The number of benzene rings is 1. The Labute approximate surface area is 84.1 Å². The van der Waals surface area contributed by atoms with Crippen LogP contribution < -0.4 is 5.32 Å². The zero-order chi connectivity index (χ0) is 10.2. The van der Waals surface area contributed by atoms with Crippen molar-refractivity contribution in [2.45, 2.75) is 13.0 Å². The summed E-state index contributed by atoms with van der Waals surface area (Å²) < 4.78 is 18.1. The molecule has 78 valence electrons. The van der Waals surface area contributed by atoms with E-state index >= 15 is 0 Å². The Morgan fingerprint density at radius 2 is 2.29 bits per heavy atom. The molecule has 0 heterocycles. The Kier molecular flexibility index (Phi) is 5.19. The molecular weight excluding hydrogens is 181 g/mol. The summed E-state index contributed by atoms with van der Waals surface area (Å²) in [5, 5.41) is 3.04. The molecule has 0 atom stereocenters. The van der Waals surface area contributed by atoms with Crippen LogP contribution in [-0.2, 0) is 11.3 Å². The topological polar surface area (TPSA) is 21.3 Å². The number of nitrogens with one attached hydrogen (secondary N) is 1. The Balaban J connectivity index is 2.18. The maximum Gasteiger partial charge on any atom is 0.123 e. The molecule has 0 bridgehead atoms. The molecule has 0 saturated carbocycles. The fourth-order valence-electron chi connectivity index (χ4n) is 1.17. The highest BCUT2D eigenvalue weighted by molar-refractivity contribution is 5.15. The van der Waals surface area contributed by atoms with Crippen molar-refractivity contribution in [3.63, 3.8) is 0 Å². The third-order valence-corrected chi connectivity index (χ3v) is 1.87. The smallest absolute Gasteiger partial charge is 0.123 e. The average molecular weight is 197 g/mol. The van der Waals surface area contributed by atoms with Crippen LogP contribution in [0.1, 0.15) is 12.0 Å². The minimum Gasteiger partial charge on any atom is -0.377 e. The highest BCUT2D eigenvalue weighted by Crippen LogP contribution is 2.04. The summed E-state index contributed by atoms with van der Waals surface area (Å²) >= 11 is 0. The predicted molar refractivity (Wildman–Crippen MR) is 54.6 cm³/mol. The lowest BCUT2D eigenvalue weighted by molar-refractivity contribution is 0.118. The fraction of sp³-hybridized carbons (Fsp3) is 0.455. The van der Waals surface area contributed by atoms with E-state index < -0.39 is 0 Å². The van der Waals surface area contributed by atoms with Gasteiger partial charge in [0.2, 0.25) is 0 Å². The second kappa shape index (κ2) is 6.51. The number of hydrogen-bond acceptors (Lipinski definition) is 2. The average Bonchev–Trinajstić information content (AvgIpc) is 2.18. The highest BCUT2D eigenvalue weighted by atomic mass is 19.1. The molecule has 0 aromatic heterocycles. The first-order chi connectivity index (χ1) is 6.83. The van der Waals surface area contributed by atoms with Gasteiger partial charge in [0, 0.05) is 6.61 Å². The van der Waals surface area contributed by atoms with E-state index in [-0.39, 0.29) is 5.82 Å². The molecule has 0 aliphatic rings. The second-order valence-electron chi connectivity index (χ2n) is 3.14. The SMILES string of the molecule is CNCCCOCc1cccc(F)c1. The van der Waals surface area contributed by atoms with Crippen molar-refractivity contribution < 1.29 is 9.13 Å². The Bertz CT molecular complexity index is 265. The molecule has 0 fully saturated rings. The van der Waals surface area contributed by atoms with Crippen molar-refractivity contribution in [3.8, 4) is 0 Å². The summed E-state index contributed by atoms with van der Waals surface area (Å²) in [7, 11) is 1.91. The lowest BCUT2D eigenvalue weighted by Gasteiger charge is -2.03. The number of ether oxygens (including phenoxy) is 1. The summed E-state index contributed by atoms with van der Waals surface area (Å²) in [6.45, 7) is 2.14. The van der Waals surface area contributed by atoms with Crippen molar-refractivity contribution in [2.75, 3.05) is 20.2 Å². The van der Waals surface area contributed by atoms with Crippen LogP contribution in [0.25, 0.3) is 0 Å². The van der Waals surface area contributed by atoms with Gasteiger partial charge in [-0.1, -0.05) is 12.1 Å². The molecule has 2 nitrogen and oxygen atoms in total. The van der Waals surface area contributed by atoms with Gasteiger partial charge in [-0.15, -0.1) is 0 Å². The molecule has 1 rings (SSSR count). The summed E-state index contributed by atoms with van der Waals surface area (Å²) in [5.74, 6) is -0.207. The van der Waals surface area contributed by atoms with E-state index in [1.807, 2.05) is 13.1 Å². The summed E-state index contributed by atoms with van der Waals surface area (Å²) in [6, 6.07) is 6.49. The van der Waals surface area contributed by atoms with Crippen LogP contribution in [-0.4, -0.2) is 20.2 Å². The second-order valence-corrected chi connectivity index (χ2v) is 3.14. The van der Waals surface area contributed by atoms with E-state index in [1.54, 1.807) is 6.07 Å². The van der Waals surface area contributed by atoms with Crippen LogP contribution in [0.4, 0.5) is 4.39 Å². The van der Waals surface area contributed by atoms with E-state index in [0.29, 0.717) is 13.2 Å². The van der Waals surface area contributed by atoms with Gasteiger partial charge >= 0.3 is 0 Å². The normalized spacial score (nSPS) is 10.4. The van der Waals surface area contributed by atoms with E-state index in [4.69, 9.17) is 4.74 Å². The van der Waals surface area contributed by atoms with Crippen molar-refractivity contribution in [3.05, 3.63) is 35.6 Å². The first-order valence-corrected chi connectivity index (χ1v) is 4.79. The van der Waals surface area contributed by atoms with Crippen molar-refractivity contribution in [1.29, 1.82) is 0 Å². The van der Waals surface area contributed by atoms with E-state index in [2.05, 4.69) is 5.32 Å². The lowest BCUT2D eigenvalue weighted by Crippen LogP contribution is -2.10. The maximum atomic E-state index is 12.7. The quantitative estimate of drug-likeness (QED) is 0.704. The first kappa shape index (κ1) is 11.1. The number of rotatable bonds is 6. The van der Waals surface area contributed by atoms with Gasteiger partial charge in [0.05, 0.1) is 6.61 Å². The van der Waals surface area contributed by atoms with E-state index in [9.17, 15) is 4.39 Å².